The molecule has 8 heteroatoms. The summed E-state index contributed by atoms with van der Waals surface area (Å²) in [4.78, 5) is 25.1. The molecule has 1 aliphatic rings. The van der Waals surface area contributed by atoms with Gasteiger partial charge in [0.1, 0.15) is 10.4 Å². The normalized spacial score (nSPS) is 18.1. The van der Waals surface area contributed by atoms with Gasteiger partial charge in [0, 0.05) is 15.6 Å². The summed E-state index contributed by atoms with van der Waals surface area (Å²) in [6.07, 6.45) is 1.81. The molecule has 1 aliphatic heterocycles. The molecule has 1 saturated heterocycles. The number of carboxylic acids is 1. The van der Waals surface area contributed by atoms with Crippen LogP contribution in [0, 0.1) is 0 Å². The van der Waals surface area contributed by atoms with E-state index in [0.29, 0.717) is 20.5 Å². The van der Waals surface area contributed by atoms with Crippen molar-refractivity contribution in [1.29, 1.82) is 0 Å². The second-order valence-electron chi connectivity index (χ2n) is 4.45. The number of rotatable bonds is 4. The molecule has 1 fully saturated rings. The van der Waals surface area contributed by atoms with Crippen LogP contribution in [0.5, 0.6) is 0 Å². The highest BCUT2D eigenvalue weighted by atomic mass is 35.5. The third-order valence-electron chi connectivity index (χ3n) is 3.08. The lowest BCUT2D eigenvalue weighted by Crippen LogP contribution is -2.43. The first kappa shape index (κ1) is 17.3. The van der Waals surface area contributed by atoms with E-state index in [1.165, 1.54) is 0 Å². The van der Waals surface area contributed by atoms with Crippen molar-refractivity contribution in [3.05, 3.63) is 38.7 Å². The van der Waals surface area contributed by atoms with E-state index in [0.717, 1.165) is 16.7 Å². The third kappa shape index (κ3) is 3.30. The van der Waals surface area contributed by atoms with Crippen LogP contribution >= 0.6 is 47.2 Å². The van der Waals surface area contributed by atoms with E-state index in [2.05, 4.69) is 0 Å². The zero-order valence-corrected chi connectivity index (χ0v) is 14.5. The van der Waals surface area contributed by atoms with E-state index in [9.17, 15) is 14.7 Å². The van der Waals surface area contributed by atoms with Gasteiger partial charge < -0.3 is 5.11 Å². The number of amides is 1. The zero-order chi connectivity index (χ0) is 16.4. The smallest absolute Gasteiger partial charge is 0.326 e. The fourth-order valence-corrected chi connectivity index (χ4v) is 3.84. The van der Waals surface area contributed by atoms with Gasteiger partial charge >= 0.3 is 5.97 Å². The van der Waals surface area contributed by atoms with E-state index >= 15 is 0 Å². The van der Waals surface area contributed by atoms with Crippen LogP contribution in [0.4, 0.5) is 0 Å². The Bertz CT molecular complexity index is 670. The molecule has 1 aromatic carbocycles. The van der Waals surface area contributed by atoms with Crippen LogP contribution in [0.3, 0.4) is 0 Å². The van der Waals surface area contributed by atoms with Gasteiger partial charge in [0.25, 0.3) is 5.91 Å². The molecule has 4 nitrogen and oxygen atoms in total. The van der Waals surface area contributed by atoms with Crippen molar-refractivity contribution in [2.75, 3.05) is 0 Å². The maximum Gasteiger partial charge on any atom is 0.326 e. The molecular formula is C14H11Cl2NO3S2. The van der Waals surface area contributed by atoms with Gasteiger partial charge in [-0.3, -0.25) is 9.69 Å². The third-order valence-corrected chi connectivity index (χ3v) is 5.07. The molecule has 116 valence electrons. The number of carboxylic acid groups (broad SMARTS) is 1. The number of nitrogens with zero attached hydrogens (tertiary/aromatic N) is 1. The Morgan fingerprint density at radius 2 is 2.05 bits per heavy atom. The molecule has 0 aromatic heterocycles. The molecular weight excluding hydrogens is 365 g/mol. The van der Waals surface area contributed by atoms with Gasteiger partial charge in [-0.1, -0.05) is 60.2 Å². The second kappa shape index (κ2) is 7.00. The fourth-order valence-electron chi connectivity index (χ4n) is 2.00. The number of hydrogen-bond acceptors (Lipinski definition) is 4. The molecule has 0 aliphatic carbocycles. The Labute approximate surface area is 147 Å². The molecule has 0 saturated carbocycles. The first-order valence-electron chi connectivity index (χ1n) is 6.30. The molecule has 1 atom stereocenters. The summed E-state index contributed by atoms with van der Waals surface area (Å²) in [5.74, 6) is -1.53. The van der Waals surface area contributed by atoms with Crippen LogP contribution in [-0.4, -0.2) is 32.2 Å². The average molecular weight is 376 g/mol. The van der Waals surface area contributed by atoms with Gasteiger partial charge in [-0.2, -0.15) is 0 Å². The lowest BCUT2D eigenvalue weighted by molar-refractivity contribution is -0.145. The Morgan fingerprint density at radius 3 is 2.55 bits per heavy atom. The Kier molecular flexibility index (Phi) is 5.50. The molecule has 1 amide bonds. The lowest BCUT2D eigenvalue weighted by atomic mass is 10.1. The molecule has 0 radical (unpaired) electrons. The van der Waals surface area contributed by atoms with Crippen LogP contribution < -0.4 is 0 Å². The van der Waals surface area contributed by atoms with Gasteiger partial charge in [0.15, 0.2) is 0 Å². The van der Waals surface area contributed by atoms with Crippen LogP contribution in [0.1, 0.15) is 18.9 Å². The van der Waals surface area contributed by atoms with Crippen molar-refractivity contribution >= 4 is 69.5 Å². The SMILES string of the molecule is CC[C@@H](C(=O)O)N1C(=O)/C(=C/c2c(Cl)cccc2Cl)SC1=S. The van der Waals surface area contributed by atoms with Crippen molar-refractivity contribution < 1.29 is 14.7 Å². The van der Waals surface area contributed by atoms with Crippen LogP contribution in [0.2, 0.25) is 10.0 Å². The van der Waals surface area contributed by atoms with Crippen molar-refractivity contribution in [2.24, 2.45) is 0 Å². The Morgan fingerprint density at radius 1 is 1.45 bits per heavy atom. The van der Waals surface area contributed by atoms with Gasteiger partial charge in [0.2, 0.25) is 0 Å². The minimum atomic E-state index is -1.09. The molecule has 22 heavy (non-hydrogen) atoms. The first-order valence-corrected chi connectivity index (χ1v) is 8.28. The summed E-state index contributed by atoms with van der Waals surface area (Å²) in [7, 11) is 0. The summed E-state index contributed by atoms with van der Waals surface area (Å²) in [5, 5.41) is 10.0. The van der Waals surface area contributed by atoms with Crippen molar-refractivity contribution in [3.8, 4) is 0 Å². The standard InChI is InChI=1S/C14H11Cl2NO3S2/c1-2-10(13(19)20)17-12(18)11(22-14(17)21)6-7-8(15)4-3-5-9(7)16/h3-6,10H,2H2,1H3,(H,19,20)/b11-6-/t10-/m0/s1. The average Bonchev–Trinajstić information content (AvgIpc) is 2.71. The van der Waals surface area contributed by atoms with Crippen molar-refractivity contribution in [3.63, 3.8) is 0 Å². The minimum Gasteiger partial charge on any atom is -0.480 e. The minimum absolute atomic E-state index is 0.216. The molecule has 0 spiro atoms. The van der Waals surface area contributed by atoms with Crippen LogP contribution in [0.25, 0.3) is 6.08 Å². The Hall–Kier alpha value is -1.08. The largest absolute Gasteiger partial charge is 0.480 e. The summed E-state index contributed by atoms with van der Waals surface area (Å²) < 4.78 is 0.216. The highest BCUT2D eigenvalue weighted by Gasteiger charge is 2.39. The Balaban J connectivity index is 2.40. The highest BCUT2D eigenvalue weighted by Crippen LogP contribution is 2.37. The topological polar surface area (TPSA) is 57.6 Å². The second-order valence-corrected chi connectivity index (χ2v) is 6.94. The maximum atomic E-state index is 12.4. The van der Waals surface area contributed by atoms with E-state index in [1.807, 2.05) is 0 Å². The summed E-state index contributed by atoms with van der Waals surface area (Å²) >= 11 is 18.3. The fraction of sp³-hybridized carbons (Fsp3) is 0.214. The molecule has 2 rings (SSSR count). The zero-order valence-electron chi connectivity index (χ0n) is 11.4. The maximum absolute atomic E-state index is 12.4. The van der Waals surface area contributed by atoms with Gasteiger partial charge in [-0.25, -0.2) is 4.79 Å². The predicted molar refractivity (Wildman–Crippen MR) is 93.2 cm³/mol. The number of carbonyl (C=O) groups is 2. The number of carbonyl (C=O) groups excluding carboxylic acids is 1. The number of thioether (sulfide) groups is 1. The van der Waals surface area contributed by atoms with E-state index in [-0.39, 0.29) is 10.7 Å². The number of halogens is 2. The number of hydrogen-bond donors (Lipinski definition) is 1. The molecule has 0 bridgehead atoms. The lowest BCUT2D eigenvalue weighted by Gasteiger charge is -2.21. The van der Waals surface area contributed by atoms with E-state index in [4.69, 9.17) is 35.4 Å². The van der Waals surface area contributed by atoms with Gasteiger partial charge in [-0.05, 0) is 24.6 Å². The first-order chi connectivity index (χ1) is 10.4. The molecule has 0 unspecified atom stereocenters. The van der Waals surface area contributed by atoms with Crippen LogP contribution in [-0.2, 0) is 9.59 Å². The molecule has 1 N–H and O–H groups in total. The number of aliphatic carboxylic acids is 1. The monoisotopic (exact) mass is 375 g/mol. The van der Waals surface area contributed by atoms with E-state index in [1.54, 1.807) is 31.2 Å². The van der Waals surface area contributed by atoms with E-state index < -0.39 is 17.9 Å². The quantitative estimate of drug-likeness (QED) is 0.635. The summed E-state index contributed by atoms with van der Waals surface area (Å²) in [5.41, 5.74) is 0.509. The molecule has 1 aromatic rings. The summed E-state index contributed by atoms with van der Waals surface area (Å²) in [6, 6.07) is 4.04. The van der Waals surface area contributed by atoms with Crippen molar-refractivity contribution in [1.82, 2.24) is 4.90 Å². The predicted octanol–water partition coefficient (Wildman–Crippen LogP) is 4.06. The van der Waals surface area contributed by atoms with Crippen molar-refractivity contribution in [2.45, 2.75) is 19.4 Å². The number of thiocarbonyl (C=S) groups is 1. The van der Waals surface area contributed by atoms with Crippen LogP contribution in [0.15, 0.2) is 23.1 Å². The van der Waals surface area contributed by atoms with Gasteiger partial charge in [-0.15, -0.1) is 0 Å². The van der Waals surface area contributed by atoms with Gasteiger partial charge in [0.05, 0.1) is 4.91 Å². The molecule has 1 heterocycles. The number of benzene rings is 1. The highest BCUT2D eigenvalue weighted by molar-refractivity contribution is 8.26. The summed E-state index contributed by atoms with van der Waals surface area (Å²) in [6.45, 7) is 1.69.